The van der Waals surface area contributed by atoms with E-state index in [9.17, 15) is 4.79 Å². The fourth-order valence-corrected chi connectivity index (χ4v) is 3.47. The van der Waals surface area contributed by atoms with Gasteiger partial charge in [-0.25, -0.2) is 0 Å². The third-order valence-corrected chi connectivity index (χ3v) is 5.21. The molecular weight excluding hydrogens is 340 g/mol. The van der Waals surface area contributed by atoms with Gasteiger partial charge < -0.3 is 14.4 Å². The van der Waals surface area contributed by atoms with Gasteiger partial charge in [0.1, 0.15) is 0 Å². The summed E-state index contributed by atoms with van der Waals surface area (Å²) in [6.07, 6.45) is 7.56. The van der Waals surface area contributed by atoms with Crippen LogP contribution in [0, 0.1) is 0 Å². The molecule has 1 aliphatic rings. The molecule has 0 spiro atoms. The topological polar surface area (TPSA) is 42.0 Å². The molecule has 1 amide bonds. The van der Waals surface area contributed by atoms with Gasteiger partial charge in [-0.15, -0.1) is 0 Å². The minimum Gasteiger partial charge on any atom is -0.493 e. The minimum atomic E-state index is 0.170. The van der Waals surface area contributed by atoms with E-state index in [1.54, 1.807) is 14.0 Å². The van der Waals surface area contributed by atoms with Crippen molar-refractivity contribution in [3.63, 3.8) is 0 Å². The summed E-state index contributed by atoms with van der Waals surface area (Å²) < 4.78 is 11.5. The second kappa shape index (κ2) is 11.9. The van der Waals surface area contributed by atoms with Gasteiger partial charge in [0.2, 0.25) is 5.91 Å². The number of methoxy groups -OCH3 is 1. The van der Waals surface area contributed by atoms with Gasteiger partial charge in [-0.2, -0.15) is 0 Å². The number of nitrogens with zero attached hydrogens (tertiary/aromatic N) is 2. The lowest BCUT2D eigenvalue weighted by molar-refractivity contribution is -0.130. The first-order chi connectivity index (χ1) is 13.1. The molecule has 0 aromatic heterocycles. The lowest BCUT2D eigenvalue weighted by Crippen LogP contribution is -2.47. The van der Waals surface area contributed by atoms with Crippen LogP contribution < -0.4 is 9.47 Å². The Bertz CT molecular complexity index is 569. The number of ether oxygens (including phenoxy) is 2. The van der Waals surface area contributed by atoms with Crippen LogP contribution >= 0.6 is 0 Å². The molecule has 0 atom stereocenters. The number of rotatable bonds is 11. The molecule has 0 aliphatic carbocycles. The first-order valence-electron chi connectivity index (χ1n) is 10.4. The van der Waals surface area contributed by atoms with E-state index >= 15 is 0 Å². The Morgan fingerprint density at radius 3 is 2.37 bits per heavy atom. The molecule has 0 radical (unpaired) electrons. The highest BCUT2D eigenvalue weighted by Gasteiger charge is 2.19. The Balaban J connectivity index is 1.77. The highest BCUT2D eigenvalue weighted by molar-refractivity contribution is 5.73. The number of unbranched alkanes of at least 4 members (excludes halogenated alkanes) is 5. The standard InChI is InChI=1S/C22H36N2O3/c1-4-5-6-7-8-9-16-27-21-11-10-20(17-22(21)26-3)18-23-12-14-24(15-13-23)19(2)25/h10-11,17H,4-9,12-16,18H2,1-3H3. The molecule has 1 saturated heterocycles. The van der Waals surface area contributed by atoms with Crippen molar-refractivity contribution in [1.82, 2.24) is 9.80 Å². The van der Waals surface area contributed by atoms with Gasteiger partial charge >= 0.3 is 0 Å². The highest BCUT2D eigenvalue weighted by Crippen LogP contribution is 2.29. The van der Waals surface area contributed by atoms with Crippen molar-refractivity contribution in [2.24, 2.45) is 0 Å². The summed E-state index contributed by atoms with van der Waals surface area (Å²) in [7, 11) is 1.70. The van der Waals surface area contributed by atoms with Crippen molar-refractivity contribution in [2.45, 2.75) is 58.9 Å². The SMILES string of the molecule is CCCCCCCCOc1ccc(CN2CCN(C(C)=O)CC2)cc1OC. The summed E-state index contributed by atoms with van der Waals surface area (Å²) in [5, 5.41) is 0. The molecule has 1 aliphatic heterocycles. The Kier molecular flexibility index (Phi) is 9.46. The van der Waals surface area contributed by atoms with Gasteiger partial charge in [-0.05, 0) is 24.1 Å². The predicted molar refractivity (Wildman–Crippen MR) is 109 cm³/mol. The fraction of sp³-hybridized carbons (Fsp3) is 0.682. The van der Waals surface area contributed by atoms with Crippen LogP contribution in [0.2, 0.25) is 0 Å². The average molecular weight is 377 g/mol. The second-order valence-corrected chi connectivity index (χ2v) is 7.38. The maximum atomic E-state index is 11.4. The molecule has 1 heterocycles. The van der Waals surface area contributed by atoms with Gasteiger partial charge in [0.15, 0.2) is 11.5 Å². The monoisotopic (exact) mass is 376 g/mol. The van der Waals surface area contributed by atoms with Crippen molar-refractivity contribution in [3.05, 3.63) is 23.8 Å². The highest BCUT2D eigenvalue weighted by atomic mass is 16.5. The third-order valence-electron chi connectivity index (χ3n) is 5.21. The van der Waals surface area contributed by atoms with Crippen LogP contribution in [-0.2, 0) is 11.3 Å². The maximum Gasteiger partial charge on any atom is 0.219 e. The minimum absolute atomic E-state index is 0.170. The van der Waals surface area contributed by atoms with E-state index < -0.39 is 0 Å². The number of piperazine rings is 1. The molecule has 5 nitrogen and oxygen atoms in total. The molecule has 0 saturated carbocycles. The zero-order valence-electron chi connectivity index (χ0n) is 17.3. The van der Waals surface area contributed by atoms with Crippen LogP contribution in [0.5, 0.6) is 11.5 Å². The number of hydrogen-bond acceptors (Lipinski definition) is 4. The van der Waals surface area contributed by atoms with Crippen molar-refractivity contribution < 1.29 is 14.3 Å². The average Bonchev–Trinajstić information content (AvgIpc) is 2.68. The van der Waals surface area contributed by atoms with Gasteiger partial charge in [0, 0.05) is 39.6 Å². The van der Waals surface area contributed by atoms with E-state index in [0.29, 0.717) is 0 Å². The summed E-state index contributed by atoms with van der Waals surface area (Å²) in [4.78, 5) is 15.7. The smallest absolute Gasteiger partial charge is 0.219 e. The quantitative estimate of drug-likeness (QED) is 0.545. The molecule has 27 heavy (non-hydrogen) atoms. The fourth-order valence-electron chi connectivity index (χ4n) is 3.47. The number of benzene rings is 1. The van der Waals surface area contributed by atoms with E-state index in [-0.39, 0.29) is 5.91 Å². The van der Waals surface area contributed by atoms with E-state index in [2.05, 4.69) is 24.0 Å². The molecule has 2 rings (SSSR count). The normalized spacial score (nSPS) is 15.0. The summed E-state index contributed by atoms with van der Waals surface area (Å²) in [6.45, 7) is 8.96. The van der Waals surface area contributed by atoms with E-state index in [0.717, 1.165) is 57.3 Å². The second-order valence-electron chi connectivity index (χ2n) is 7.38. The number of amides is 1. The molecule has 0 bridgehead atoms. The molecule has 1 aromatic carbocycles. The predicted octanol–water partition coefficient (Wildman–Crippen LogP) is 4.10. The Hall–Kier alpha value is -1.75. The zero-order chi connectivity index (χ0) is 19.5. The van der Waals surface area contributed by atoms with Crippen LogP contribution in [0.15, 0.2) is 18.2 Å². The van der Waals surface area contributed by atoms with Crippen LogP contribution in [0.4, 0.5) is 0 Å². The van der Waals surface area contributed by atoms with Crippen molar-refractivity contribution in [2.75, 3.05) is 39.9 Å². The zero-order valence-corrected chi connectivity index (χ0v) is 17.3. The number of carbonyl (C=O) groups excluding carboxylic acids is 1. The van der Waals surface area contributed by atoms with Crippen molar-refractivity contribution in [3.8, 4) is 11.5 Å². The largest absolute Gasteiger partial charge is 0.493 e. The van der Waals surface area contributed by atoms with E-state index in [1.807, 2.05) is 11.0 Å². The van der Waals surface area contributed by atoms with Crippen LogP contribution in [0.25, 0.3) is 0 Å². The van der Waals surface area contributed by atoms with Crippen LogP contribution in [0.1, 0.15) is 57.9 Å². The maximum absolute atomic E-state index is 11.4. The summed E-state index contributed by atoms with van der Waals surface area (Å²) >= 11 is 0. The summed E-state index contributed by atoms with van der Waals surface area (Å²) in [5.41, 5.74) is 1.22. The molecular formula is C22H36N2O3. The molecule has 5 heteroatoms. The number of hydrogen-bond donors (Lipinski definition) is 0. The lowest BCUT2D eigenvalue weighted by atomic mass is 10.1. The Labute approximate surface area is 164 Å². The molecule has 1 aromatic rings. The van der Waals surface area contributed by atoms with E-state index in [4.69, 9.17) is 9.47 Å². The van der Waals surface area contributed by atoms with Crippen molar-refractivity contribution in [1.29, 1.82) is 0 Å². The van der Waals surface area contributed by atoms with Gasteiger partial charge in [0.05, 0.1) is 13.7 Å². The third kappa shape index (κ3) is 7.41. The first kappa shape index (κ1) is 21.5. The van der Waals surface area contributed by atoms with Crippen LogP contribution in [-0.4, -0.2) is 55.6 Å². The molecule has 0 unspecified atom stereocenters. The molecule has 152 valence electrons. The first-order valence-corrected chi connectivity index (χ1v) is 10.4. The summed E-state index contributed by atoms with van der Waals surface area (Å²) in [6, 6.07) is 6.22. The molecule has 1 fully saturated rings. The van der Waals surface area contributed by atoms with Gasteiger partial charge in [-0.3, -0.25) is 9.69 Å². The van der Waals surface area contributed by atoms with Crippen LogP contribution in [0.3, 0.4) is 0 Å². The van der Waals surface area contributed by atoms with Gasteiger partial charge in [0.25, 0.3) is 0 Å². The Morgan fingerprint density at radius 2 is 1.70 bits per heavy atom. The van der Waals surface area contributed by atoms with Crippen molar-refractivity contribution >= 4 is 5.91 Å². The summed E-state index contributed by atoms with van der Waals surface area (Å²) in [5.74, 6) is 1.81. The Morgan fingerprint density at radius 1 is 1.00 bits per heavy atom. The number of carbonyl (C=O) groups is 1. The molecule has 0 N–H and O–H groups in total. The van der Waals surface area contributed by atoms with Gasteiger partial charge in [-0.1, -0.05) is 45.1 Å². The lowest BCUT2D eigenvalue weighted by Gasteiger charge is -2.34. The van der Waals surface area contributed by atoms with E-state index in [1.165, 1.54) is 37.7 Å².